The fraction of sp³-hybridized carbons (Fsp3) is 0.125. The van der Waals surface area contributed by atoms with Gasteiger partial charge in [-0.05, 0) is 42.0 Å². The van der Waals surface area contributed by atoms with E-state index < -0.39 is 30.1 Å². The number of hydrogen-bond donors (Lipinski definition) is 1. The maximum absolute atomic E-state index is 12.9. The minimum Gasteiger partial charge on any atom is -0.452 e. The second kappa shape index (κ2) is 7.69. The normalized spacial score (nSPS) is 10.2. The smallest absolute Gasteiger partial charge is 0.338 e. The highest BCUT2D eigenvalue weighted by atomic mass is 35.5. The molecule has 2 rings (SSSR count). The van der Waals surface area contributed by atoms with E-state index in [0.29, 0.717) is 5.56 Å². The van der Waals surface area contributed by atoms with Gasteiger partial charge in [-0.1, -0.05) is 17.7 Å². The van der Waals surface area contributed by atoms with Crippen molar-refractivity contribution >= 4 is 23.5 Å². The van der Waals surface area contributed by atoms with Crippen LogP contribution in [0.2, 0.25) is 5.02 Å². The molecule has 120 valence electrons. The van der Waals surface area contributed by atoms with E-state index in [2.05, 4.69) is 5.32 Å². The number of carbonyl (C=O) groups is 2. The zero-order chi connectivity index (χ0) is 16.8. The third kappa shape index (κ3) is 5.03. The first-order valence-corrected chi connectivity index (χ1v) is 6.97. The van der Waals surface area contributed by atoms with Gasteiger partial charge in [0.1, 0.15) is 11.6 Å². The zero-order valence-corrected chi connectivity index (χ0v) is 12.6. The molecule has 0 aliphatic heterocycles. The number of amides is 1. The molecule has 1 N–H and O–H groups in total. The van der Waals surface area contributed by atoms with Gasteiger partial charge in [0.15, 0.2) is 6.61 Å². The molecule has 4 nitrogen and oxygen atoms in total. The molecular weight excluding hydrogens is 328 g/mol. The van der Waals surface area contributed by atoms with Crippen molar-refractivity contribution in [3.63, 3.8) is 0 Å². The third-order valence-electron chi connectivity index (χ3n) is 2.91. The van der Waals surface area contributed by atoms with Crippen LogP contribution in [0.1, 0.15) is 15.9 Å². The molecule has 0 aliphatic carbocycles. The first-order valence-electron chi connectivity index (χ1n) is 6.59. The van der Waals surface area contributed by atoms with E-state index in [1.54, 1.807) is 0 Å². The molecule has 0 unspecified atom stereocenters. The Labute approximate surface area is 136 Å². The molecule has 7 heteroatoms. The van der Waals surface area contributed by atoms with Crippen molar-refractivity contribution in [3.8, 4) is 0 Å². The summed E-state index contributed by atoms with van der Waals surface area (Å²) in [7, 11) is 0. The van der Waals surface area contributed by atoms with Crippen LogP contribution < -0.4 is 5.32 Å². The van der Waals surface area contributed by atoms with Gasteiger partial charge in [0.05, 0.1) is 5.56 Å². The number of benzene rings is 2. The molecule has 0 spiro atoms. The minimum atomic E-state index is -0.736. The summed E-state index contributed by atoms with van der Waals surface area (Å²) >= 11 is 5.83. The molecule has 2 aromatic carbocycles. The number of rotatable bonds is 5. The molecule has 0 fully saturated rings. The Morgan fingerprint density at radius 3 is 2.35 bits per heavy atom. The van der Waals surface area contributed by atoms with Gasteiger partial charge < -0.3 is 10.1 Å². The summed E-state index contributed by atoms with van der Waals surface area (Å²) in [4.78, 5) is 23.3. The summed E-state index contributed by atoms with van der Waals surface area (Å²) < 4.78 is 30.4. The highest BCUT2D eigenvalue weighted by Crippen LogP contribution is 2.16. The molecule has 0 atom stereocenters. The number of esters is 1. The monoisotopic (exact) mass is 339 g/mol. The Kier molecular flexibility index (Phi) is 5.65. The molecule has 0 saturated heterocycles. The molecule has 0 heterocycles. The average Bonchev–Trinajstić information content (AvgIpc) is 2.52. The second-order valence-corrected chi connectivity index (χ2v) is 5.00. The average molecular weight is 340 g/mol. The summed E-state index contributed by atoms with van der Waals surface area (Å²) in [6.45, 7) is -0.416. The maximum Gasteiger partial charge on any atom is 0.338 e. The lowest BCUT2D eigenvalue weighted by molar-refractivity contribution is -0.124. The standard InChI is InChI=1S/C16H12ClF2NO3/c17-14-7-13(19)6-3-11(14)8-20-15(21)9-23-16(22)10-1-4-12(18)5-2-10/h1-7H,8-9H2,(H,20,21). The van der Waals surface area contributed by atoms with Crippen LogP contribution in [0.15, 0.2) is 42.5 Å². The van der Waals surface area contributed by atoms with Crippen molar-refractivity contribution in [3.05, 3.63) is 70.2 Å². The van der Waals surface area contributed by atoms with E-state index in [1.165, 1.54) is 24.3 Å². The predicted octanol–water partition coefficient (Wildman–Crippen LogP) is 3.09. The van der Waals surface area contributed by atoms with Crippen molar-refractivity contribution in [2.24, 2.45) is 0 Å². The SMILES string of the molecule is O=C(COC(=O)c1ccc(F)cc1)NCc1ccc(F)cc1Cl. The van der Waals surface area contributed by atoms with Crippen LogP contribution in [0.25, 0.3) is 0 Å². The van der Waals surface area contributed by atoms with Crippen LogP contribution >= 0.6 is 11.6 Å². The zero-order valence-electron chi connectivity index (χ0n) is 11.8. The summed E-state index contributed by atoms with van der Waals surface area (Å²) in [5.74, 6) is -2.23. The van der Waals surface area contributed by atoms with Gasteiger partial charge in [-0.3, -0.25) is 4.79 Å². The number of carbonyl (C=O) groups excluding carboxylic acids is 2. The lowest BCUT2D eigenvalue weighted by Gasteiger charge is -2.08. The third-order valence-corrected chi connectivity index (χ3v) is 3.26. The van der Waals surface area contributed by atoms with Crippen LogP contribution in [0.5, 0.6) is 0 Å². The van der Waals surface area contributed by atoms with Crippen molar-refractivity contribution in [1.29, 1.82) is 0 Å². The Morgan fingerprint density at radius 2 is 1.70 bits per heavy atom. The Morgan fingerprint density at radius 1 is 1.04 bits per heavy atom. The second-order valence-electron chi connectivity index (χ2n) is 4.60. The van der Waals surface area contributed by atoms with Gasteiger partial charge in [0.25, 0.3) is 5.91 Å². The molecule has 2 aromatic rings. The van der Waals surface area contributed by atoms with E-state index in [-0.39, 0.29) is 17.1 Å². The number of nitrogens with one attached hydrogen (secondary N) is 1. The fourth-order valence-corrected chi connectivity index (χ4v) is 1.94. The molecule has 0 radical (unpaired) electrons. The maximum atomic E-state index is 12.9. The van der Waals surface area contributed by atoms with E-state index in [4.69, 9.17) is 16.3 Å². The highest BCUT2D eigenvalue weighted by Gasteiger charge is 2.11. The molecule has 0 aromatic heterocycles. The molecule has 1 amide bonds. The van der Waals surface area contributed by atoms with Crippen molar-refractivity contribution < 1.29 is 23.1 Å². The summed E-state index contributed by atoms with van der Waals surface area (Å²) in [6.07, 6.45) is 0. The van der Waals surface area contributed by atoms with Gasteiger partial charge in [-0.25, -0.2) is 13.6 Å². The lowest BCUT2D eigenvalue weighted by atomic mass is 10.2. The Hall–Kier alpha value is -2.47. The van der Waals surface area contributed by atoms with Gasteiger partial charge in [-0.15, -0.1) is 0 Å². The van der Waals surface area contributed by atoms with Crippen molar-refractivity contribution in [2.45, 2.75) is 6.54 Å². The van der Waals surface area contributed by atoms with E-state index in [1.807, 2.05) is 0 Å². The fourth-order valence-electron chi connectivity index (χ4n) is 1.71. The quantitative estimate of drug-likeness (QED) is 0.852. The van der Waals surface area contributed by atoms with Crippen molar-refractivity contribution in [2.75, 3.05) is 6.61 Å². The Balaban J connectivity index is 1.81. The summed E-state index contributed by atoms with van der Waals surface area (Å²) in [6, 6.07) is 8.56. The molecule has 0 aliphatic rings. The summed E-state index contributed by atoms with van der Waals surface area (Å²) in [5, 5.41) is 2.68. The van der Waals surface area contributed by atoms with Gasteiger partial charge in [-0.2, -0.15) is 0 Å². The minimum absolute atomic E-state index is 0.0754. The topological polar surface area (TPSA) is 55.4 Å². The van der Waals surface area contributed by atoms with E-state index >= 15 is 0 Å². The molecule has 0 saturated carbocycles. The van der Waals surface area contributed by atoms with Crippen molar-refractivity contribution in [1.82, 2.24) is 5.32 Å². The number of halogens is 3. The Bertz CT molecular complexity index is 720. The number of hydrogen-bond acceptors (Lipinski definition) is 3. The van der Waals surface area contributed by atoms with Crippen LogP contribution in [0.3, 0.4) is 0 Å². The van der Waals surface area contributed by atoms with Crippen LogP contribution in [0.4, 0.5) is 8.78 Å². The first-order chi connectivity index (χ1) is 11.0. The predicted molar refractivity (Wildman–Crippen MR) is 79.9 cm³/mol. The number of ether oxygens (including phenoxy) is 1. The van der Waals surface area contributed by atoms with E-state index in [0.717, 1.165) is 18.2 Å². The highest BCUT2D eigenvalue weighted by molar-refractivity contribution is 6.31. The molecular formula is C16H12ClF2NO3. The van der Waals surface area contributed by atoms with Gasteiger partial charge in [0, 0.05) is 11.6 Å². The molecule has 23 heavy (non-hydrogen) atoms. The van der Waals surface area contributed by atoms with Crippen LogP contribution in [0, 0.1) is 11.6 Å². The molecule has 0 bridgehead atoms. The lowest BCUT2D eigenvalue weighted by Crippen LogP contribution is -2.28. The van der Waals surface area contributed by atoms with Gasteiger partial charge in [0.2, 0.25) is 0 Å². The van der Waals surface area contributed by atoms with Crippen LogP contribution in [-0.4, -0.2) is 18.5 Å². The first kappa shape index (κ1) is 16.9. The van der Waals surface area contributed by atoms with E-state index in [9.17, 15) is 18.4 Å². The van der Waals surface area contributed by atoms with Gasteiger partial charge >= 0.3 is 5.97 Å². The van der Waals surface area contributed by atoms with Crippen LogP contribution in [-0.2, 0) is 16.1 Å². The largest absolute Gasteiger partial charge is 0.452 e. The summed E-state index contributed by atoms with van der Waals surface area (Å²) in [5.41, 5.74) is 0.673.